The monoisotopic (exact) mass is 305 g/mol. The van der Waals surface area contributed by atoms with Crippen molar-refractivity contribution in [3.05, 3.63) is 47.1 Å². The minimum Gasteiger partial charge on any atom is -0.387 e. The van der Waals surface area contributed by atoms with E-state index >= 15 is 0 Å². The second-order valence-corrected chi connectivity index (χ2v) is 4.92. The number of hydrogen-bond donors (Lipinski definition) is 1. The van der Waals surface area contributed by atoms with E-state index in [1.165, 1.54) is 4.68 Å². The van der Waals surface area contributed by atoms with Crippen LogP contribution < -0.4 is 0 Å². The lowest BCUT2D eigenvalue weighted by atomic mass is 10.2. The quantitative estimate of drug-likeness (QED) is 0.793. The molecule has 8 heteroatoms. The molecule has 0 saturated carbocycles. The summed E-state index contributed by atoms with van der Waals surface area (Å²) in [4.78, 5) is 4.28. The highest BCUT2D eigenvalue weighted by Gasteiger charge is 2.13. The number of benzene rings is 1. The number of aliphatic hydroxyl groups excluding tert-OH is 1. The molecule has 108 valence electrons. The molecule has 0 radical (unpaired) electrons. The highest BCUT2D eigenvalue weighted by molar-refractivity contribution is 6.33. The van der Waals surface area contributed by atoms with Gasteiger partial charge in [0.2, 0.25) is 11.7 Å². The van der Waals surface area contributed by atoms with Crippen LogP contribution in [0, 0.1) is 0 Å². The van der Waals surface area contributed by atoms with E-state index in [0.29, 0.717) is 28.0 Å². The SMILES string of the molecule is CC(O)c1cn(Cc2nc(-c3ccccc3Cl)no2)nn1. The summed E-state index contributed by atoms with van der Waals surface area (Å²) in [5, 5.41) is 21.6. The minimum atomic E-state index is -0.667. The number of hydrogen-bond acceptors (Lipinski definition) is 6. The zero-order valence-electron chi connectivity index (χ0n) is 11.1. The first-order valence-electron chi connectivity index (χ1n) is 6.29. The molecule has 0 amide bonds. The summed E-state index contributed by atoms with van der Waals surface area (Å²) in [6.45, 7) is 1.90. The molecule has 3 aromatic rings. The molecule has 0 aliphatic rings. The molecular weight excluding hydrogens is 294 g/mol. The normalized spacial score (nSPS) is 12.5. The van der Waals surface area contributed by atoms with Crippen molar-refractivity contribution in [2.24, 2.45) is 0 Å². The van der Waals surface area contributed by atoms with Gasteiger partial charge in [0.25, 0.3) is 0 Å². The molecule has 1 aromatic carbocycles. The van der Waals surface area contributed by atoms with Crippen LogP contribution in [0.1, 0.15) is 24.6 Å². The van der Waals surface area contributed by atoms with Crippen molar-refractivity contribution < 1.29 is 9.63 Å². The molecule has 0 fully saturated rings. The van der Waals surface area contributed by atoms with Crippen LogP contribution in [-0.4, -0.2) is 30.2 Å². The van der Waals surface area contributed by atoms with Gasteiger partial charge in [-0.05, 0) is 19.1 Å². The first kappa shape index (κ1) is 13.7. The molecule has 2 heterocycles. The zero-order chi connectivity index (χ0) is 14.8. The third-order valence-corrected chi connectivity index (χ3v) is 3.19. The fraction of sp³-hybridized carbons (Fsp3) is 0.231. The summed E-state index contributed by atoms with van der Waals surface area (Å²) in [6, 6.07) is 7.26. The van der Waals surface area contributed by atoms with Gasteiger partial charge in [0, 0.05) is 5.56 Å². The number of aromatic nitrogens is 5. The van der Waals surface area contributed by atoms with Gasteiger partial charge in [0.1, 0.15) is 12.2 Å². The van der Waals surface area contributed by atoms with Crippen LogP contribution >= 0.6 is 11.6 Å². The van der Waals surface area contributed by atoms with Crippen molar-refractivity contribution >= 4 is 11.6 Å². The average molecular weight is 306 g/mol. The van der Waals surface area contributed by atoms with Crippen molar-refractivity contribution in [2.75, 3.05) is 0 Å². The predicted molar refractivity (Wildman–Crippen MR) is 74.5 cm³/mol. The summed E-state index contributed by atoms with van der Waals surface area (Å²) in [5.41, 5.74) is 1.19. The molecule has 0 bridgehead atoms. The van der Waals surface area contributed by atoms with Gasteiger partial charge in [0.15, 0.2) is 0 Å². The Labute approximate surface area is 125 Å². The smallest absolute Gasteiger partial charge is 0.248 e. The molecular formula is C13H12ClN5O2. The molecule has 0 aliphatic heterocycles. The Hall–Kier alpha value is -2.25. The van der Waals surface area contributed by atoms with E-state index in [2.05, 4.69) is 20.5 Å². The number of halogens is 1. The van der Waals surface area contributed by atoms with Crippen LogP contribution in [-0.2, 0) is 6.54 Å². The highest BCUT2D eigenvalue weighted by atomic mass is 35.5. The molecule has 1 N–H and O–H groups in total. The molecule has 0 spiro atoms. The summed E-state index contributed by atoms with van der Waals surface area (Å²) in [7, 11) is 0. The van der Waals surface area contributed by atoms with Gasteiger partial charge in [-0.2, -0.15) is 4.98 Å². The minimum absolute atomic E-state index is 0.275. The summed E-state index contributed by atoms with van der Waals surface area (Å²) < 4.78 is 6.70. The molecule has 0 aliphatic carbocycles. The Kier molecular flexibility index (Phi) is 3.68. The third kappa shape index (κ3) is 2.93. The average Bonchev–Trinajstić information content (AvgIpc) is 3.09. The second kappa shape index (κ2) is 5.63. The zero-order valence-corrected chi connectivity index (χ0v) is 11.9. The first-order valence-corrected chi connectivity index (χ1v) is 6.67. The van der Waals surface area contributed by atoms with Gasteiger partial charge in [-0.15, -0.1) is 5.10 Å². The standard InChI is InChI=1S/C13H12ClN5O2/c1-8(20)11-6-19(18-16-11)7-12-15-13(17-21-12)9-4-2-3-5-10(9)14/h2-6,8,20H,7H2,1H3. The van der Waals surface area contributed by atoms with E-state index in [1.807, 2.05) is 18.2 Å². The predicted octanol–water partition coefficient (Wildman–Crippen LogP) is 2.08. The van der Waals surface area contributed by atoms with Crippen LogP contribution in [0.25, 0.3) is 11.4 Å². The maximum absolute atomic E-state index is 9.40. The van der Waals surface area contributed by atoms with Crippen LogP contribution in [0.2, 0.25) is 5.02 Å². The molecule has 1 atom stereocenters. The van der Waals surface area contributed by atoms with E-state index in [1.54, 1.807) is 19.2 Å². The Morgan fingerprint density at radius 3 is 2.90 bits per heavy atom. The molecule has 7 nitrogen and oxygen atoms in total. The van der Waals surface area contributed by atoms with Gasteiger partial charge in [-0.25, -0.2) is 4.68 Å². The van der Waals surface area contributed by atoms with E-state index in [4.69, 9.17) is 16.1 Å². The van der Waals surface area contributed by atoms with E-state index in [9.17, 15) is 5.11 Å². The van der Waals surface area contributed by atoms with Crippen LogP contribution in [0.5, 0.6) is 0 Å². The Bertz CT molecular complexity index is 752. The maximum atomic E-state index is 9.40. The fourth-order valence-corrected chi connectivity index (χ4v) is 2.01. The highest BCUT2D eigenvalue weighted by Crippen LogP contribution is 2.24. The molecule has 2 aromatic heterocycles. The van der Waals surface area contributed by atoms with Gasteiger partial charge in [-0.3, -0.25) is 0 Å². The number of rotatable bonds is 4. The summed E-state index contributed by atoms with van der Waals surface area (Å²) in [6.07, 6.45) is 0.962. The van der Waals surface area contributed by atoms with E-state index in [-0.39, 0.29) is 6.54 Å². The lowest BCUT2D eigenvalue weighted by Crippen LogP contribution is -2.00. The van der Waals surface area contributed by atoms with Crippen LogP contribution in [0.3, 0.4) is 0 Å². The molecule has 1 unspecified atom stereocenters. The van der Waals surface area contributed by atoms with E-state index < -0.39 is 6.10 Å². The summed E-state index contributed by atoms with van der Waals surface area (Å²) in [5.74, 6) is 0.804. The fourth-order valence-electron chi connectivity index (χ4n) is 1.79. The molecule has 21 heavy (non-hydrogen) atoms. The van der Waals surface area contributed by atoms with Crippen LogP contribution in [0.15, 0.2) is 35.0 Å². The largest absolute Gasteiger partial charge is 0.387 e. The Balaban J connectivity index is 1.80. The van der Waals surface area contributed by atoms with Crippen molar-refractivity contribution in [3.63, 3.8) is 0 Å². The van der Waals surface area contributed by atoms with Crippen LogP contribution in [0.4, 0.5) is 0 Å². The lowest BCUT2D eigenvalue weighted by Gasteiger charge is -1.96. The van der Waals surface area contributed by atoms with Gasteiger partial charge in [0.05, 0.1) is 17.3 Å². The van der Waals surface area contributed by atoms with Crippen molar-refractivity contribution in [2.45, 2.75) is 19.6 Å². The van der Waals surface area contributed by atoms with Gasteiger partial charge >= 0.3 is 0 Å². The van der Waals surface area contributed by atoms with Crippen molar-refractivity contribution in [1.29, 1.82) is 0 Å². The Morgan fingerprint density at radius 1 is 1.38 bits per heavy atom. The number of aliphatic hydroxyl groups is 1. The first-order chi connectivity index (χ1) is 10.1. The lowest BCUT2D eigenvalue weighted by molar-refractivity contribution is 0.194. The van der Waals surface area contributed by atoms with Gasteiger partial charge in [-0.1, -0.05) is 34.1 Å². The Morgan fingerprint density at radius 2 is 2.19 bits per heavy atom. The van der Waals surface area contributed by atoms with Gasteiger partial charge < -0.3 is 9.63 Å². The molecule has 3 rings (SSSR count). The topological polar surface area (TPSA) is 89.9 Å². The second-order valence-electron chi connectivity index (χ2n) is 4.51. The van der Waals surface area contributed by atoms with Crippen molar-refractivity contribution in [3.8, 4) is 11.4 Å². The molecule has 0 saturated heterocycles. The van der Waals surface area contributed by atoms with Crippen molar-refractivity contribution in [1.82, 2.24) is 25.1 Å². The maximum Gasteiger partial charge on any atom is 0.248 e. The third-order valence-electron chi connectivity index (χ3n) is 2.86. The van der Waals surface area contributed by atoms with E-state index in [0.717, 1.165) is 0 Å². The number of nitrogens with zero attached hydrogens (tertiary/aromatic N) is 5. The summed E-state index contributed by atoms with van der Waals surface area (Å²) >= 11 is 6.09.